The van der Waals surface area contributed by atoms with Crippen LogP contribution in [0.25, 0.3) is 0 Å². The van der Waals surface area contributed by atoms with Gasteiger partial charge in [-0.15, -0.1) is 0 Å². The highest BCUT2D eigenvalue weighted by atomic mass is 16.2. The molecular weight excluding hydrogens is 252 g/mol. The lowest BCUT2D eigenvalue weighted by Gasteiger charge is -2.29. The zero-order valence-corrected chi connectivity index (χ0v) is 12.4. The second-order valence-electron chi connectivity index (χ2n) is 5.58. The lowest BCUT2D eigenvalue weighted by molar-refractivity contribution is 0.206. The van der Waals surface area contributed by atoms with Crippen molar-refractivity contribution in [2.24, 2.45) is 0 Å². The number of piperidine rings is 1. The van der Waals surface area contributed by atoms with Crippen molar-refractivity contribution in [3.63, 3.8) is 0 Å². The van der Waals surface area contributed by atoms with Gasteiger partial charge in [-0.2, -0.15) is 0 Å². The minimum atomic E-state index is -0.189. The van der Waals surface area contributed by atoms with Gasteiger partial charge >= 0.3 is 6.03 Å². The number of pyridine rings is 1. The number of rotatable bonds is 4. The molecule has 0 aliphatic carbocycles. The number of carbonyl (C=O) groups is 1. The Balaban J connectivity index is 1.74. The van der Waals surface area contributed by atoms with E-state index < -0.39 is 0 Å². The van der Waals surface area contributed by atoms with Crippen molar-refractivity contribution in [2.45, 2.75) is 39.2 Å². The predicted molar refractivity (Wildman–Crippen MR) is 80.9 cm³/mol. The van der Waals surface area contributed by atoms with Crippen LogP contribution in [-0.4, -0.2) is 41.6 Å². The molecule has 1 saturated heterocycles. The number of anilines is 1. The van der Waals surface area contributed by atoms with Crippen LogP contribution < -0.4 is 10.6 Å². The van der Waals surface area contributed by atoms with Crippen LogP contribution in [0.5, 0.6) is 0 Å². The van der Waals surface area contributed by atoms with Gasteiger partial charge in [0.2, 0.25) is 0 Å². The molecule has 0 radical (unpaired) electrons. The minimum Gasteiger partial charge on any atom is -0.334 e. The van der Waals surface area contributed by atoms with Crippen LogP contribution in [0, 0.1) is 6.92 Å². The van der Waals surface area contributed by atoms with Crippen molar-refractivity contribution in [1.82, 2.24) is 15.2 Å². The molecule has 2 heterocycles. The van der Waals surface area contributed by atoms with Crippen LogP contribution in [0.15, 0.2) is 18.3 Å². The fraction of sp³-hybridized carbons (Fsp3) is 0.600. The van der Waals surface area contributed by atoms with E-state index in [1.165, 1.54) is 19.3 Å². The van der Waals surface area contributed by atoms with Gasteiger partial charge in [0.15, 0.2) is 0 Å². The van der Waals surface area contributed by atoms with Gasteiger partial charge in [-0.05, 0) is 51.4 Å². The first-order valence-electron chi connectivity index (χ1n) is 7.36. The Hall–Kier alpha value is -1.62. The van der Waals surface area contributed by atoms with Crippen LogP contribution in [0.1, 0.15) is 31.7 Å². The summed E-state index contributed by atoms with van der Waals surface area (Å²) in [6.45, 7) is 7.21. The van der Waals surface area contributed by atoms with E-state index in [0.29, 0.717) is 5.82 Å². The summed E-state index contributed by atoms with van der Waals surface area (Å²) in [7, 11) is 0. The molecule has 1 atom stereocenters. The topological polar surface area (TPSA) is 57.3 Å². The molecule has 5 nitrogen and oxygen atoms in total. The summed E-state index contributed by atoms with van der Waals surface area (Å²) in [5.74, 6) is 0.582. The highest BCUT2D eigenvalue weighted by Gasteiger charge is 2.14. The highest BCUT2D eigenvalue weighted by molar-refractivity contribution is 5.88. The average molecular weight is 276 g/mol. The molecule has 1 aliphatic heterocycles. The largest absolute Gasteiger partial charge is 0.334 e. The zero-order valence-electron chi connectivity index (χ0n) is 12.4. The number of aryl methyl sites for hydroxylation is 1. The van der Waals surface area contributed by atoms with E-state index in [9.17, 15) is 4.79 Å². The summed E-state index contributed by atoms with van der Waals surface area (Å²) in [5.41, 5.74) is 1.08. The van der Waals surface area contributed by atoms with Gasteiger partial charge < -0.3 is 10.2 Å². The molecule has 1 fully saturated rings. The third kappa shape index (κ3) is 4.81. The molecule has 0 saturated carbocycles. The lowest BCUT2D eigenvalue weighted by atomic mass is 10.1. The van der Waals surface area contributed by atoms with Gasteiger partial charge in [0.05, 0.1) is 0 Å². The number of urea groups is 1. The molecule has 20 heavy (non-hydrogen) atoms. The van der Waals surface area contributed by atoms with Gasteiger partial charge in [0.1, 0.15) is 5.82 Å². The van der Waals surface area contributed by atoms with E-state index >= 15 is 0 Å². The third-order valence-electron chi connectivity index (χ3n) is 3.51. The monoisotopic (exact) mass is 276 g/mol. The van der Waals surface area contributed by atoms with E-state index in [0.717, 1.165) is 25.2 Å². The van der Waals surface area contributed by atoms with Crippen LogP contribution >= 0.6 is 0 Å². The van der Waals surface area contributed by atoms with Crippen molar-refractivity contribution in [3.05, 3.63) is 23.9 Å². The fourth-order valence-corrected chi connectivity index (χ4v) is 2.49. The Labute approximate surface area is 120 Å². The first kappa shape index (κ1) is 14.8. The Morgan fingerprint density at radius 1 is 1.35 bits per heavy atom. The Morgan fingerprint density at radius 2 is 2.10 bits per heavy atom. The number of likely N-dealkylation sites (tertiary alicyclic amines) is 1. The molecule has 1 unspecified atom stereocenters. The average Bonchev–Trinajstić information content (AvgIpc) is 2.42. The third-order valence-corrected chi connectivity index (χ3v) is 3.51. The number of hydrogen-bond acceptors (Lipinski definition) is 3. The number of hydrogen-bond donors (Lipinski definition) is 2. The van der Waals surface area contributed by atoms with Crippen LogP contribution in [0.2, 0.25) is 0 Å². The zero-order chi connectivity index (χ0) is 14.4. The summed E-state index contributed by atoms with van der Waals surface area (Å²) in [5, 5.41) is 5.72. The van der Waals surface area contributed by atoms with Crippen LogP contribution in [0.4, 0.5) is 10.6 Å². The number of amides is 2. The maximum absolute atomic E-state index is 11.9. The Bertz CT molecular complexity index is 426. The maximum Gasteiger partial charge on any atom is 0.320 e. The van der Waals surface area contributed by atoms with E-state index in [2.05, 4.69) is 20.5 Å². The molecule has 1 aliphatic rings. The van der Waals surface area contributed by atoms with Crippen molar-refractivity contribution in [3.8, 4) is 0 Å². The van der Waals surface area contributed by atoms with Gasteiger partial charge in [-0.25, -0.2) is 9.78 Å². The molecule has 2 amide bonds. The number of carbonyl (C=O) groups excluding carboxylic acids is 1. The molecule has 1 aromatic rings. The molecule has 2 rings (SSSR count). The molecule has 110 valence electrons. The molecular formula is C15H24N4O. The maximum atomic E-state index is 11.9. The summed E-state index contributed by atoms with van der Waals surface area (Å²) in [6.07, 6.45) is 5.61. The first-order chi connectivity index (χ1) is 9.63. The van der Waals surface area contributed by atoms with Crippen molar-refractivity contribution >= 4 is 11.8 Å². The van der Waals surface area contributed by atoms with E-state index in [1.54, 1.807) is 6.20 Å². The first-order valence-corrected chi connectivity index (χ1v) is 7.36. The Morgan fingerprint density at radius 3 is 2.75 bits per heavy atom. The van der Waals surface area contributed by atoms with E-state index in [4.69, 9.17) is 0 Å². The number of nitrogens with zero attached hydrogens (tertiary/aromatic N) is 2. The van der Waals surface area contributed by atoms with Gasteiger partial charge in [0.25, 0.3) is 0 Å². The summed E-state index contributed by atoms with van der Waals surface area (Å²) in [6, 6.07) is 3.69. The fourth-order valence-electron chi connectivity index (χ4n) is 2.49. The standard InChI is InChI=1S/C15H24N4O/c1-12-6-7-14(16-10-12)18-15(20)17-13(2)11-19-8-4-3-5-9-19/h6-7,10,13H,3-5,8-9,11H2,1-2H3,(H2,16,17,18,20). The molecule has 0 aromatic carbocycles. The minimum absolute atomic E-state index is 0.138. The molecule has 0 bridgehead atoms. The lowest BCUT2D eigenvalue weighted by Crippen LogP contribution is -2.45. The van der Waals surface area contributed by atoms with Gasteiger partial charge in [0, 0.05) is 18.8 Å². The van der Waals surface area contributed by atoms with Crippen molar-refractivity contribution in [1.29, 1.82) is 0 Å². The molecule has 1 aromatic heterocycles. The van der Waals surface area contributed by atoms with Crippen LogP contribution in [0.3, 0.4) is 0 Å². The SMILES string of the molecule is Cc1ccc(NC(=O)NC(C)CN2CCCCC2)nc1. The summed E-state index contributed by atoms with van der Waals surface area (Å²) >= 11 is 0. The molecule has 2 N–H and O–H groups in total. The van der Waals surface area contributed by atoms with Crippen LogP contribution in [-0.2, 0) is 0 Å². The smallest absolute Gasteiger partial charge is 0.320 e. The normalized spacial score (nSPS) is 17.5. The Kier molecular flexibility index (Phi) is 5.35. The van der Waals surface area contributed by atoms with E-state index in [1.807, 2.05) is 26.0 Å². The van der Waals surface area contributed by atoms with Crippen molar-refractivity contribution < 1.29 is 4.79 Å². The number of aromatic nitrogens is 1. The van der Waals surface area contributed by atoms with Crippen molar-refractivity contribution in [2.75, 3.05) is 25.0 Å². The highest BCUT2D eigenvalue weighted by Crippen LogP contribution is 2.09. The molecule has 0 spiro atoms. The summed E-state index contributed by atoms with van der Waals surface area (Å²) < 4.78 is 0. The predicted octanol–water partition coefficient (Wildman–Crippen LogP) is 2.39. The van der Waals surface area contributed by atoms with E-state index in [-0.39, 0.29) is 12.1 Å². The number of nitrogens with one attached hydrogen (secondary N) is 2. The summed E-state index contributed by atoms with van der Waals surface area (Å²) in [4.78, 5) is 18.4. The second kappa shape index (κ2) is 7.24. The molecule has 5 heteroatoms. The second-order valence-corrected chi connectivity index (χ2v) is 5.58. The quantitative estimate of drug-likeness (QED) is 0.887. The van der Waals surface area contributed by atoms with Gasteiger partial charge in [-0.1, -0.05) is 12.5 Å². The van der Waals surface area contributed by atoms with Gasteiger partial charge in [-0.3, -0.25) is 5.32 Å².